The molecule has 2 heterocycles. The lowest BCUT2D eigenvalue weighted by atomic mass is 9.98. The topological polar surface area (TPSA) is 101 Å². The highest BCUT2D eigenvalue weighted by Gasteiger charge is 2.43. The van der Waals surface area contributed by atoms with Crippen molar-refractivity contribution in [2.75, 3.05) is 19.5 Å². The van der Waals surface area contributed by atoms with E-state index >= 15 is 0 Å². The molecule has 23 heavy (non-hydrogen) atoms. The van der Waals surface area contributed by atoms with Crippen LogP contribution >= 0.6 is 11.8 Å². The average Bonchev–Trinajstić information content (AvgIpc) is 2.96. The second kappa shape index (κ2) is 7.27. The monoisotopic (exact) mass is 339 g/mol. The molecule has 0 aromatic carbocycles. The number of carboxylic acids is 1. The molecule has 2 N–H and O–H groups in total. The summed E-state index contributed by atoms with van der Waals surface area (Å²) in [5.74, 6) is -1.35. The van der Waals surface area contributed by atoms with E-state index in [0.29, 0.717) is 18.2 Å². The molecule has 1 aromatic heterocycles. The minimum absolute atomic E-state index is 0.0116. The number of rotatable bonds is 6. The van der Waals surface area contributed by atoms with Gasteiger partial charge in [-0.3, -0.25) is 4.79 Å². The third-order valence-electron chi connectivity index (χ3n) is 3.99. The zero-order chi connectivity index (χ0) is 17.0. The van der Waals surface area contributed by atoms with E-state index < -0.39 is 11.5 Å². The van der Waals surface area contributed by atoms with Crippen molar-refractivity contribution in [3.8, 4) is 0 Å². The van der Waals surface area contributed by atoms with E-state index in [9.17, 15) is 14.7 Å². The van der Waals surface area contributed by atoms with Crippen LogP contribution in [0.3, 0.4) is 0 Å². The number of carboxylic acid groups (broad SMARTS) is 1. The highest BCUT2D eigenvalue weighted by atomic mass is 32.2. The molecule has 0 aliphatic carbocycles. The van der Waals surface area contributed by atoms with Crippen molar-refractivity contribution >= 4 is 23.6 Å². The number of amides is 1. The lowest BCUT2D eigenvalue weighted by Crippen LogP contribution is -2.55. The largest absolute Gasteiger partial charge is 0.479 e. The summed E-state index contributed by atoms with van der Waals surface area (Å²) < 4.78 is 5.13. The Morgan fingerprint density at radius 2 is 2.00 bits per heavy atom. The highest BCUT2D eigenvalue weighted by Crippen LogP contribution is 2.20. The van der Waals surface area contributed by atoms with Crippen molar-refractivity contribution in [3.63, 3.8) is 0 Å². The van der Waals surface area contributed by atoms with Crippen molar-refractivity contribution in [1.82, 2.24) is 15.3 Å². The third kappa shape index (κ3) is 4.00. The summed E-state index contributed by atoms with van der Waals surface area (Å²) in [6.45, 7) is 4.14. The van der Waals surface area contributed by atoms with E-state index in [1.807, 2.05) is 20.1 Å². The van der Waals surface area contributed by atoms with E-state index in [2.05, 4.69) is 15.3 Å². The van der Waals surface area contributed by atoms with Crippen LogP contribution in [0.15, 0.2) is 5.16 Å². The molecule has 126 valence electrons. The number of carbonyl (C=O) groups excluding carboxylic acids is 1. The number of nitrogens with one attached hydrogen (secondary N) is 1. The fraction of sp³-hybridized carbons (Fsp3) is 0.600. The van der Waals surface area contributed by atoms with Gasteiger partial charge >= 0.3 is 5.97 Å². The van der Waals surface area contributed by atoms with Crippen LogP contribution in [0, 0.1) is 13.8 Å². The van der Waals surface area contributed by atoms with Gasteiger partial charge in [0, 0.05) is 30.8 Å². The predicted octanol–water partition coefficient (Wildman–Crippen LogP) is 1.11. The molecule has 1 amide bonds. The van der Waals surface area contributed by atoms with E-state index in [4.69, 9.17) is 4.74 Å². The fourth-order valence-corrected chi connectivity index (χ4v) is 3.07. The van der Waals surface area contributed by atoms with Crippen molar-refractivity contribution in [2.45, 2.75) is 43.8 Å². The average molecular weight is 339 g/mol. The number of aliphatic carboxylic acids is 1. The Morgan fingerprint density at radius 1 is 1.35 bits per heavy atom. The number of hydrogen-bond donors (Lipinski definition) is 2. The standard InChI is InChI=1S/C15H21N3O4S/c1-9-11(10(2)17-14(16-9)23-3)4-5-12(19)18-15(13(20)21)6-7-22-8-15/h4-8H2,1-3H3,(H,18,19)(H,20,21). The smallest absolute Gasteiger partial charge is 0.331 e. The van der Waals surface area contributed by atoms with Gasteiger partial charge in [0.15, 0.2) is 10.7 Å². The van der Waals surface area contributed by atoms with Gasteiger partial charge in [-0.2, -0.15) is 0 Å². The molecule has 1 saturated heterocycles. The van der Waals surface area contributed by atoms with Crippen LogP contribution in [-0.4, -0.2) is 52.0 Å². The SMILES string of the molecule is CSc1nc(C)c(CCC(=O)NC2(C(=O)O)CCOC2)c(C)n1. The summed E-state index contributed by atoms with van der Waals surface area (Å²) in [5, 5.41) is 12.7. The Labute approximate surface area is 139 Å². The van der Waals surface area contributed by atoms with Gasteiger partial charge in [-0.25, -0.2) is 14.8 Å². The summed E-state index contributed by atoms with van der Waals surface area (Å²) in [6, 6.07) is 0. The van der Waals surface area contributed by atoms with E-state index in [1.54, 1.807) is 0 Å². The Hall–Kier alpha value is -1.67. The van der Waals surface area contributed by atoms with Crippen molar-refractivity contribution < 1.29 is 19.4 Å². The van der Waals surface area contributed by atoms with E-state index in [-0.39, 0.29) is 25.4 Å². The summed E-state index contributed by atoms with van der Waals surface area (Å²) in [6.07, 6.45) is 2.88. The molecule has 0 saturated carbocycles. The van der Waals surface area contributed by atoms with Crippen LogP contribution in [0.1, 0.15) is 29.8 Å². The van der Waals surface area contributed by atoms with Gasteiger partial charge in [0.25, 0.3) is 0 Å². The molecular weight excluding hydrogens is 318 g/mol. The van der Waals surface area contributed by atoms with Gasteiger partial charge in [0.05, 0.1) is 6.61 Å². The molecule has 1 unspecified atom stereocenters. The maximum atomic E-state index is 12.2. The van der Waals surface area contributed by atoms with Crippen LogP contribution in [0.25, 0.3) is 0 Å². The normalized spacial score (nSPS) is 20.5. The number of carbonyl (C=O) groups is 2. The number of aromatic nitrogens is 2. The first-order chi connectivity index (χ1) is 10.9. The van der Waals surface area contributed by atoms with Gasteiger partial charge in [-0.1, -0.05) is 11.8 Å². The molecule has 7 nitrogen and oxygen atoms in total. The third-order valence-corrected chi connectivity index (χ3v) is 4.54. The summed E-state index contributed by atoms with van der Waals surface area (Å²) in [5.41, 5.74) is 1.35. The van der Waals surface area contributed by atoms with E-state index in [0.717, 1.165) is 17.0 Å². The molecule has 0 spiro atoms. The van der Waals surface area contributed by atoms with Gasteiger partial charge in [0.1, 0.15) is 0 Å². The quantitative estimate of drug-likeness (QED) is 0.591. The first-order valence-electron chi connectivity index (χ1n) is 7.38. The second-order valence-corrected chi connectivity index (χ2v) is 6.37. The molecule has 2 rings (SSSR count). The van der Waals surface area contributed by atoms with Crippen LogP contribution < -0.4 is 5.32 Å². The zero-order valence-corrected chi connectivity index (χ0v) is 14.3. The number of aryl methyl sites for hydroxylation is 2. The Kier molecular flexibility index (Phi) is 5.59. The molecule has 1 fully saturated rings. The molecule has 1 aromatic rings. The first kappa shape index (κ1) is 17.7. The lowest BCUT2D eigenvalue weighted by molar-refractivity contribution is -0.147. The van der Waals surface area contributed by atoms with Gasteiger partial charge in [-0.05, 0) is 32.1 Å². The summed E-state index contributed by atoms with van der Waals surface area (Å²) >= 11 is 1.47. The number of thioether (sulfide) groups is 1. The van der Waals surface area contributed by atoms with Gasteiger partial charge < -0.3 is 15.2 Å². The minimum atomic E-state index is -1.29. The highest BCUT2D eigenvalue weighted by molar-refractivity contribution is 7.98. The van der Waals surface area contributed by atoms with Crippen LogP contribution in [0.4, 0.5) is 0 Å². The minimum Gasteiger partial charge on any atom is -0.479 e. The van der Waals surface area contributed by atoms with Crippen molar-refractivity contribution in [2.24, 2.45) is 0 Å². The molecule has 1 aliphatic heterocycles. The molecule has 1 aliphatic rings. The van der Waals surface area contributed by atoms with E-state index in [1.165, 1.54) is 11.8 Å². The van der Waals surface area contributed by atoms with Crippen LogP contribution in [-0.2, 0) is 20.7 Å². The summed E-state index contributed by atoms with van der Waals surface area (Å²) in [4.78, 5) is 32.3. The van der Waals surface area contributed by atoms with Crippen molar-refractivity contribution in [1.29, 1.82) is 0 Å². The molecule has 0 radical (unpaired) electrons. The lowest BCUT2D eigenvalue weighted by Gasteiger charge is -2.23. The molecule has 0 bridgehead atoms. The molecule has 8 heteroatoms. The Morgan fingerprint density at radius 3 is 2.48 bits per heavy atom. The maximum absolute atomic E-state index is 12.2. The number of hydrogen-bond acceptors (Lipinski definition) is 6. The van der Waals surface area contributed by atoms with Crippen LogP contribution in [0.2, 0.25) is 0 Å². The van der Waals surface area contributed by atoms with Gasteiger partial charge in [0.2, 0.25) is 5.91 Å². The molecular formula is C15H21N3O4S. The van der Waals surface area contributed by atoms with Crippen molar-refractivity contribution in [3.05, 3.63) is 17.0 Å². The van der Waals surface area contributed by atoms with Gasteiger partial charge in [-0.15, -0.1) is 0 Å². The Balaban J connectivity index is 2.01. The maximum Gasteiger partial charge on any atom is 0.331 e. The number of nitrogens with zero attached hydrogens (tertiary/aromatic N) is 2. The Bertz CT molecular complexity index is 592. The predicted molar refractivity (Wildman–Crippen MR) is 85.6 cm³/mol. The zero-order valence-electron chi connectivity index (χ0n) is 13.5. The second-order valence-electron chi connectivity index (χ2n) is 5.60. The molecule has 1 atom stereocenters. The first-order valence-corrected chi connectivity index (χ1v) is 8.60. The number of ether oxygens (including phenoxy) is 1. The fourth-order valence-electron chi connectivity index (χ4n) is 2.62. The van der Waals surface area contributed by atoms with Crippen LogP contribution in [0.5, 0.6) is 0 Å². The summed E-state index contributed by atoms with van der Waals surface area (Å²) in [7, 11) is 0.